The number of aromatic nitrogens is 2. The van der Waals surface area contributed by atoms with E-state index in [2.05, 4.69) is 15.7 Å². The highest BCUT2D eigenvalue weighted by Gasteiger charge is 2.23. The number of nitrogens with one attached hydrogen (secondary N) is 2. The van der Waals surface area contributed by atoms with Gasteiger partial charge in [-0.15, -0.1) is 0 Å². The zero-order valence-corrected chi connectivity index (χ0v) is 15.9. The Bertz CT molecular complexity index is 1020. The highest BCUT2D eigenvalue weighted by atomic mass is 16.2. The molecule has 6 nitrogen and oxygen atoms in total. The standard InChI is InChI=1S/C23H22N4O2/c28-22(26-21-14-15-24-27(21)16-18-4-2-1-3-5-18)13-8-17-6-9-19(10-7-17)23(29)25-20-11-12-20/h1-10,13-15,20H,11-12,16H2,(H,25,29)(H,26,28)/b13-8+. The zero-order valence-electron chi connectivity index (χ0n) is 15.9. The first-order chi connectivity index (χ1) is 14.2. The first kappa shape index (κ1) is 18.7. The second-order valence-electron chi connectivity index (χ2n) is 7.05. The van der Waals surface area contributed by atoms with Crippen molar-refractivity contribution >= 4 is 23.7 Å². The summed E-state index contributed by atoms with van der Waals surface area (Å²) in [5, 5.41) is 10.1. The van der Waals surface area contributed by atoms with E-state index in [9.17, 15) is 9.59 Å². The molecule has 2 aromatic carbocycles. The summed E-state index contributed by atoms with van der Waals surface area (Å²) in [5.41, 5.74) is 2.58. The third-order valence-electron chi connectivity index (χ3n) is 4.66. The first-order valence-electron chi connectivity index (χ1n) is 9.63. The average Bonchev–Trinajstić information content (AvgIpc) is 3.46. The molecule has 1 heterocycles. The largest absolute Gasteiger partial charge is 0.349 e. The molecule has 1 aliphatic rings. The van der Waals surface area contributed by atoms with Crippen molar-refractivity contribution in [2.45, 2.75) is 25.4 Å². The number of rotatable bonds is 7. The minimum atomic E-state index is -0.240. The average molecular weight is 386 g/mol. The van der Waals surface area contributed by atoms with Crippen LogP contribution in [0.15, 0.2) is 72.9 Å². The van der Waals surface area contributed by atoms with Gasteiger partial charge in [0.2, 0.25) is 5.91 Å². The summed E-state index contributed by atoms with van der Waals surface area (Å²) in [4.78, 5) is 24.3. The Labute approximate surface area is 169 Å². The van der Waals surface area contributed by atoms with Crippen molar-refractivity contribution in [3.05, 3.63) is 89.6 Å². The Morgan fingerprint density at radius 1 is 1.03 bits per heavy atom. The number of carbonyl (C=O) groups excluding carboxylic acids is 2. The van der Waals surface area contributed by atoms with Gasteiger partial charge >= 0.3 is 0 Å². The van der Waals surface area contributed by atoms with Crippen LogP contribution in [0.4, 0.5) is 5.82 Å². The van der Waals surface area contributed by atoms with Gasteiger partial charge < -0.3 is 10.6 Å². The molecule has 1 saturated carbocycles. The molecule has 146 valence electrons. The van der Waals surface area contributed by atoms with E-state index in [4.69, 9.17) is 0 Å². The van der Waals surface area contributed by atoms with Gasteiger partial charge in [0.25, 0.3) is 5.91 Å². The number of hydrogen-bond donors (Lipinski definition) is 2. The molecule has 29 heavy (non-hydrogen) atoms. The van der Waals surface area contributed by atoms with E-state index in [1.54, 1.807) is 35.2 Å². The molecule has 3 aromatic rings. The summed E-state index contributed by atoms with van der Waals surface area (Å²) in [6.07, 6.45) is 6.97. The van der Waals surface area contributed by atoms with Gasteiger partial charge in [0.1, 0.15) is 5.82 Å². The lowest BCUT2D eigenvalue weighted by Gasteiger charge is -2.07. The van der Waals surface area contributed by atoms with Gasteiger partial charge in [-0.2, -0.15) is 5.10 Å². The SMILES string of the molecule is O=C(/C=C/c1ccc(C(=O)NC2CC2)cc1)Nc1ccnn1Cc1ccccc1. The highest BCUT2D eigenvalue weighted by Crippen LogP contribution is 2.19. The van der Waals surface area contributed by atoms with E-state index in [0.29, 0.717) is 24.0 Å². The normalized spacial score (nSPS) is 13.4. The van der Waals surface area contributed by atoms with Crippen LogP contribution in [0, 0.1) is 0 Å². The maximum absolute atomic E-state index is 12.3. The van der Waals surface area contributed by atoms with Crippen LogP contribution in [0.2, 0.25) is 0 Å². The van der Waals surface area contributed by atoms with Crippen LogP contribution in [0.1, 0.15) is 34.3 Å². The topological polar surface area (TPSA) is 76.0 Å². The van der Waals surface area contributed by atoms with Crippen molar-refractivity contribution in [3.8, 4) is 0 Å². The molecule has 0 aliphatic heterocycles. The zero-order chi connectivity index (χ0) is 20.1. The second kappa shape index (κ2) is 8.56. The van der Waals surface area contributed by atoms with Crippen LogP contribution in [0.5, 0.6) is 0 Å². The maximum atomic E-state index is 12.3. The number of carbonyl (C=O) groups is 2. The Morgan fingerprint density at radius 3 is 2.52 bits per heavy atom. The summed E-state index contributed by atoms with van der Waals surface area (Å²) in [7, 11) is 0. The monoisotopic (exact) mass is 386 g/mol. The first-order valence-corrected chi connectivity index (χ1v) is 9.63. The van der Waals surface area contributed by atoms with Crippen LogP contribution in [-0.4, -0.2) is 27.6 Å². The van der Waals surface area contributed by atoms with Crippen molar-refractivity contribution in [3.63, 3.8) is 0 Å². The Kier molecular flexibility index (Phi) is 5.52. The summed E-state index contributed by atoms with van der Waals surface area (Å²) >= 11 is 0. The minimum Gasteiger partial charge on any atom is -0.349 e. The molecule has 0 bridgehead atoms. The maximum Gasteiger partial charge on any atom is 0.251 e. The van der Waals surface area contributed by atoms with Crippen LogP contribution < -0.4 is 10.6 Å². The highest BCUT2D eigenvalue weighted by molar-refractivity contribution is 6.01. The predicted molar refractivity (Wildman–Crippen MR) is 112 cm³/mol. The molecule has 1 fully saturated rings. The quantitative estimate of drug-likeness (QED) is 0.611. The molecule has 0 unspecified atom stereocenters. The fraction of sp³-hybridized carbons (Fsp3) is 0.174. The van der Waals surface area contributed by atoms with Crippen LogP contribution >= 0.6 is 0 Å². The van der Waals surface area contributed by atoms with Gasteiger partial charge in [0, 0.05) is 23.7 Å². The molecule has 1 aromatic heterocycles. The van der Waals surface area contributed by atoms with Gasteiger partial charge in [-0.3, -0.25) is 9.59 Å². The van der Waals surface area contributed by atoms with E-state index in [1.807, 2.05) is 42.5 Å². The summed E-state index contributed by atoms with van der Waals surface area (Å²) in [5.74, 6) is 0.346. The van der Waals surface area contributed by atoms with Gasteiger partial charge in [0.15, 0.2) is 0 Å². The van der Waals surface area contributed by atoms with Crippen molar-refractivity contribution in [1.29, 1.82) is 0 Å². The number of nitrogens with zero attached hydrogens (tertiary/aromatic N) is 2. The molecule has 1 aliphatic carbocycles. The molecule has 6 heteroatoms. The van der Waals surface area contributed by atoms with Crippen molar-refractivity contribution in [2.24, 2.45) is 0 Å². The fourth-order valence-electron chi connectivity index (χ4n) is 2.90. The van der Waals surface area contributed by atoms with E-state index < -0.39 is 0 Å². The van der Waals surface area contributed by atoms with E-state index in [0.717, 1.165) is 24.0 Å². The summed E-state index contributed by atoms with van der Waals surface area (Å²) in [6, 6.07) is 19.2. The summed E-state index contributed by atoms with van der Waals surface area (Å²) in [6.45, 7) is 0.581. The lowest BCUT2D eigenvalue weighted by Crippen LogP contribution is -2.25. The summed E-state index contributed by atoms with van der Waals surface area (Å²) < 4.78 is 1.74. The molecule has 2 N–H and O–H groups in total. The Morgan fingerprint density at radius 2 is 1.79 bits per heavy atom. The lowest BCUT2D eigenvalue weighted by atomic mass is 10.1. The fourth-order valence-corrected chi connectivity index (χ4v) is 2.90. The Hall–Kier alpha value is -3.67. The van der Waals surface area contributed by atoms with Gasteiger partial charge in [-0.1, -0.05) is 42.5 Å². The lowest BCUT2D eigenvalue weighted by molar-refractivity contribution is -0.111. The third-order valence-corrected chi connectivity index (χ3v) is 4.66. The molecule has 0 saturated heterocycles. The molecule has 2 amide bonds. The van der Waals surface area contributed by atoms with Crippen molar-refractivity contribution in [1.82, 2.24) is 15.1 Å². The van der Waals surface area contributed by atoms with Crippen molar-refractivity contribution < 1.29 is 9.59 Å². The third kappa shape index (κ3) is 5.19. The molecule has 4 rings (SSSR count). The van der Waals surface area contributed by atoms with Gasteiger partial charge in [-0.05, 0) is 42.2 Å². The molecule has 0 radical (unpaired) electrons. The smallest absolute Gasteiger partial charge is 0.251 e. The number of anilines is 1. The van der Waals surface area contributed by atoms with Crippen LogP contribution in [0.25, 0.3) is 6.08 Å². The Balaban J connectivity index is 1.34. The molecule has 0 atom stereocenters. The van der Waals surface area contributed by atoms with E-state index in [1.165, 1.54) is 6.08 Å². The number of amides is 2. The molecular weight excluding hydrogens is 364 g/mol. The molecule has 0 spiro atoms. The minimum absolute atomic E-state index is 0.0487. The van der Waals surface area contributed by atoms with Crippen molar-refractivity contribution in [2.75, 3.05) is 5.32 Å². The van der Waals surface area contributed by atoms with Crippen LogP contribution in [-0.2, 0) is 11.3 Å². The van der Waals surface area contributed by atoms with E-state index in [-0.39, 0.29) is 11.8 Å². The molecular formula is C23H22N4O2. The van der Waals surface area contributed by atoms with Crippen LogP contribution in [0.3, 0.4) is 0 Å². The van der Waals surface area contributed by atoms with Gasteiger partial charge in [0.05, 0.1) is 12.7 Å². The number of benzene rings is 2. The predicted octanol–water partition coefficient (Wildman–Crippen LogP) is 3.48. The van der Waals surface area contributed by atoms with Gasteiger partial charge in [-0.25, -0.2) is 4.68 Å². The number of hydrogen-bond acceptors (Lipinski definition) is 3. The van der Waals surface area contributed by atoms with E-state index >= 15 is 0 Å². The second-order valence-corrected chi connectivity index (χ2v) is 7.05.